The third kappa shape index (κ3) is 3.71. The predicted molar refractivity (Wildman–Crippen MR) is 93.5 cm³/mol. The quantitative estimate of drug-likeness (QED) is 0.877. The Bertz CT molecular complexity index is 648. The zero-order chi connectivity index (χ0) is 17.2. The Morgan fingerprint density at radius 3 is 2.64 bits per heavy atom. The van der Waals surface area contributed by atoms with Gasteiger partial charge in [-0.15, -0.1) is 0 Å². The van der Waals surface area contributed by atoms with Gasteiger partial charge >= 0.3 is 0 Å². The molecule has 0 unspecified atom stereocenters. The van der Waals surface area contributed by atoms with Crippen LogP contribution >= 0.6 is 11.6 Å². The van der Waals surface area contributed by atoms with E-state index in [9.17, 15) is 4.79 Å². The van der Waals surface area contributed by atoms with Crippen molar-refractivity contribution in [2.75, 3.05) is 39.5 Å². The van der Waals surface area contributed by atoms with Gasteiger partial charge in [0, 0.05) is 11.1 Å². The molecule has 2 fully saturated rings. The smallest absolute Gasteiger partial charge is 0.224 e. The average molecular weight is 367 g/mol. The minimum absolute atomic E-state index is 0.0431. The molecule has 7 heteroatoms. The van der Waals surface area contributed by atoms with Gasteiger partial charge in [0.05, 0.1) is 31.7 Å². The summed E-state index contributed by atoms with van der Waals surface area (Å²) in [6.07, 6.45) is 2.67. The average Bonchev–Trinajstić information content (AvgIpc) is 3.26. The summed E-state index contributed by atoms with van der Waals surface area (Å²) in [5.74, 6) is 1.24. The number of benzene rings is 1. The van der Waals surface area contributed by atoms with Crippen molar-refractivity contribution in [2.24, 2.45) is 0 Å². The van der Waals surface area contributed by atoms with E-state index in [0.717, 1.165) is 18.7 Å². The number of nitrogens with one attached hydrogen (secondary N) is 1. The molecule has 0 aromatic heterocycles. The van der Waals surface area contributed by atoms with E-state index in [0.29, 0.717) is 42.9 Å². The van der Waals surface area contributed by atoms with Crippen LogP contribution in [0.4, 0.5) is 0 Å². The Morgan fingerprint density at radius 2 is 1.88 bits per heavy atom. The minimum atomic E-state index is -0.0433. The van der Waals surface area contributed by atoms with Gasteiger partial charge in [0.1, 0.15) is 13.2 Å². The SMILES string of the molecule is O=C(Cc1cc2c(cc1Cl)OCCO2)N[C@H]1COC[C@@H]1N1CCCC1. The van der Waals surface area contributed by atoms with Crippen LogP contribution in [0.15, 0.2) is 12.1 Å². The predicted octanol–water partition coefficient (Wildman–Crippen LogP) is 1.63. The lowest BCUT2D eigenvalue weighted by molar-refractivity contribution is -0.121. The Morgan fingerprint density at radius 1 is 1.16 bits per heavy atom. The number of ether oxygens (including phenoxy) is 3. The molecule has 136 valence electrons. The molecule has 3 aliphatic heterocycles. The van der Waals surface area contributed by atoms with Gasteiger partial charge in [-0.2, -0.15) is 0 Å². The molecule has 0 spiro atoms. The molecule has 2 atom stereocenters. The fourth-order valence-corrected chi connectivity index (χ4v) is 4.01. The first-order chi connectivity index (χ1) is 12.2. The van der Waals surface area contributed by atoms with Gasteiger partial charge in [-0.25, -0.2) is 0 Å². The first-order valence-corrected chi connectivity index (χ1v) is 9.27. The highest BCUT2D eigenvalue weighted by atomic mass is 35.5. The second kappa shape index (κ2) is 7.40. The van der Waals surface area contributed by atoms with Gasteiger partial charge < -0.3 is 19.5 Å². The van der Waals surface area contributed by atoms with Gasteiger partial charge in [-0.3, -0.25) is 9.69 Å². The Labute approximate surface area is 152 Å². The maximum Gasteiger partial charge on any atom is 0.224 e. The standard InChI is InChI=1S/C18H23ClN2O4/c19-13-9-17-16(24-5-6-25-17)7-12(13)8-18(22)20-14-10-23-11-15(14)21-3-1-2-4-21/h7,9,14-15H,1-6,8,10-11H2,(H,20,22)/t14-,15-/m0/s1. The number of carbonyl (C=O) groups excluding carboxylic acids is 1. The van der Waals surface area contributed by atoms with E-state index in [2.05, 4.69) is 10.2 Å². The lowest BCUT2D eigenvalue weighted by atomic mass is 10.1. The number of hydrogen-bond donors (Lipinski definition) is 1. The molecular formula is C18H23ClN2O4. The highest BCUT2D eigenvalue weighted by molar-refractivity contribution is 6.31. The fourth-order valence-electron chi connectivity index (χ4n) is 3.79. The van der Waals surface area contributed by atoms with Crippen molar-refractivity contribution in [1.82, 2.24) is 10.2 Å². The van der Waals surface area contributed by atoms with Crippen LogP contribution in [-0.2, 0) is 16.0 Å². The van der Waals surface area contributed by atoms with E-state index in [1.165, 1.54) is 12.8 Å². The zero-order valence-corrected chi connectivity index (χ0v) is 14.9. The number of likely N-dealkylation sites (tertiary alicyclic amines) is 1. The molecular weight excluding hydrogens is 344 g/mol. The van der Waals surface area contributed by atoms with Crippen molar-refractivity contribution in [3.8, 4) is 11.5 Å². The first kappa shape index (κ1) is 16.9. The molecule has 1 N–H and O–H groups in total. The maximum absolute atomic E-state index is 12.5. The van der Waals surface area contributed by atoms with E-state index < -0.39 is 0 Å². The molecule has 1 aromatic rings. The summed E-state index contributed by atoms with van der Waals surface area (Å²) in [5, 5.41) is 3.65. The molecule has 25 heavy (non-hydrogen) atoms. The fraction of sp³-hybridized carbons (Fsp3) is 0.611. The molecule has 0 aliphatic carbocycles. The van der Waals surface area contributed by atoms with Gasteiger partial charge in [-0.1, -0.05) is 11.6 Å². The number of hydrogen-bond acceptors (Lipinski definition) is 5. The van der Waals surface area contributed by atoms with Gasteiger partial charge in [0.25, 0.3) is 0 Å². The summed E-state index contributed by atoms with van der Waals surface area (Å²) in [4.78, 5) is 15.0. The third-order valence-corrected chi connectivity index (χ3v) is 5.42. The lowest BCUT2D eigenvalue weighted by Crippen LogP contribution is -2.50. The van der Waals surface area contributed by atoms with E-state index in [1.54, 1.807) is 12.1 Å². The number of nitrogens with zero attached hydrogens (tertiary/aromatic N) is 1. The van der Waals surface area contributed by atoms with Crippen LogP contribution < -0.4 is 14.8 Å². The molecule has 1 amide bonds. The summed E-state index contributed by atoms with van der Waals surface area (Å²) in [7, 11) is 0. The molecule has 3 aliphatic rings. The molecule has 4 rings (SSSR count). The topological polar surface area (TPSA) is 60.0 Å². The first-order valence-electron chi connectivity index (χ1n) is 8.90. The second-order valence-corrected chi connectivity index (χ2v) is 7.19. The monoisotopic (exact) mass is 366 g/mol. The van der Waals surface area contributed by atoms with Crippen molar-refractivity contribution in [1.29, 1.82) is 0 Å². The second-order valence-electron chi connectivity index (χ2n) is 6.79. The van der Waals surface area contributed by atoms with Crippen LogP contribution in [0.25, 0.3) is 0 Å². The van der Waals surface area contributed by atoms with Gasteiger partial charge in [0.2, 0.25) is 5.91 Å². The van der Waals surface area contributed by atoms with Gasteiger partial charge in [0.15, 0.2) is 11.5 Å². The maximum atomic E-state index is 12.5. The van der Waals surface area contributed by atoms with E-state index in [-0.39, 0.29) is 24.4 Å². The number of fused-ring (bicyclic) bond motifs is 1. The summed E-state index contributed by atoms with van der Waals surface area (Å²) in [5.41, 5.74) is 0.750. The molecule has 3 heterocycles. The molecule has 6 nitrogen and oxygen atoms in total. The van der Waals surface area contributed by atoms with Crippen LogP contribution in [0.2, 0.25) is 5.02 Å². The Balaban J connectivity index is 1.40. The van der Waals surface area contributed by atoms with Crippen LogP contribution in [0, 0.1) is 0 Å². The van der Waals surface area contributed by atoms with Crippen molar-refractivity contribution in [3.63, 3.8) is 0 Å². The highest BCUT2D eigenvalue weighted by Gasteiger charge is 2.35. The van der Waals surface area contributed by atoms with Crippen molar-refractivity contribution in [2.45, 2.75) is 31.3 Å². The number of halogens is 1. The van der Waals surface area contributed by atoms with Gasteiger partial charge in [-0.05, 0) is 37.6 Å². The van der Waals surface area contributed by atoms with E-state index in [1.807, 2.05) is 0 Å². The summed E-state index contributed by atoms with van der Waals surface area (Å²) < 4.78 is 16.7. The van der Waals surface area contributed by atoms with Crippen LogP contribution in [0.3, 0.4) is 0 Å². The van der Waals surface area contributed by atoms with Crippen molar-refractivity contribution >= 4 is 17.5 Å². The highest BCUT2D eigenvalue weighted by Crippen LogP contribution is 2.35. The third-order valence-electron chi connectivity index (χ3n) is 5.07. The van der Waals surface area contributed by atoms with E-state index >= 15 is 0 Å². The molecule has 0 bridgehead atoms. The van der Waals surface area contributed by atoms with Crippen molar-refractivity contribution in [3.05, 3.63) is 22.7 Å². The summed E-state index contributed by atoms with van der Waals surface area (Å²) in [6, 6.07) is 3.85. The van der Waals surface area contributed by atoms with Crippen LogP contribution in [-0.4, -0.2) is 62.4 Å². The van der Waals surface area contributed by atoms with Crippen molar-refractivity contribution < 1.29 is 19.0 Å². The molecule has 2 saturated heterocycles. The molecule has 0 radical (unpaired) electrons. The summed E-state index contributed by atoms with van der Waals surface area (Å²) >= 11 is 6.31. The largest absolute Gasteiger partial charge is 0.486 e. The lowest BCUT2D eigenvalue weighted by Gasteiger charge is -2.28. The normalized spacial score (nSPS) is 26.0. The zero-order valence-electron chi connectivity index (χ0n) is 14.1. The number of amides is 1. The Hall–Kier alpha value is -1.50. The summed E-state index contributed by atoms with van der Waals surface area (Å²) in [6.45, 7) is 4.47. The number of carbonyl (C=O) groups is 1. The van der Waals surface area contributed by atoms with Crippen LogP contribution in [0.1, 0.15) is 18.4 Å². The minimum Gasteiger partial charge on any atom is -0.486 e. The molecule has 1 aromatic carbocycles. The van der Waals surface area contributed by atoms with Crippen LogP contribution in [0.5, 0.6) is 11.5 Å². The number of rotatable bonds is 4. The van der Waals surface area contributed by atoms with E-state index in [4.69, 9.17) is 25.8 Å². The Kier molecular flexibility index (Phi) is 5.01. The molecule has 0 saturated carbocycles.